The highest BCUT2D eigenvalue weighted by atomic mass is 16.5. The van der Waals surface area contributed by atoms with Crippen molar-refractivity contribution in [3.8, 4) is 0 Å². The molecule has 0 N–H and O–H groups in total. The molecule has 2 aliphatic heterocycles. The molecule has 0 amide bonds. The molecule has 4 rings (SSSR count). The van der Waals surface area contributed by atoms with Crippen LogP contribution in [0.1, 0.15) is 39.0 Å². The van der Waals surface area contributed by atoms with E-state index in [-0.39, 0.29) is 5.69 Å². The minimum absolute atomic E-state index is 0.319. The third kappa shape index (κ3) is 3.07. The molecule has 2 aliphatic rings. The van der Waals surface area contributed by atoms with Crippen molar-refractivity contribution < 1.29 is 9.53 Å². The summed E-state index contributed by atoms with van der Waals surface area (Å²) in [5, 5.41) is 0. The average molecular weight is 357 g/mol. The second kappa shape index (κ2) is 7.27. The Kier molecular flexibility index (Phi) is 4.85. The van der Waals surface area contributed by atoms with Crippen LogP contribution in [0.2, 0.25) is 0 Å². The summed E-state index contributed by atoms with van der Waals surface area (Å²) >= 11 is 0. The quantitative estimate of drug-likeness (QED) is 0.847. The average Bonchev–Trinajstić information content (AvgIpc) is 2.97. The van der Waals surface area contributed by atoms with Crippen molar-refractivity contribution in [3.05, 3.63) is 34.7 Å². The fourth-order valence-corrected chi connectivity index (χ4v) is 4.57. The lowest BCUT2D eigenvalue weighted by molar-refractivity contribution is 0.0478. The number of para-hydroxylation sites is 2. The summed E-state index contributed by atoms with van der Waals surface area (Å²) in [5.74, 6) is 0.397. The van der Waals surface area contributed by atoms with Gasteiger partial charge in [-0.15, -0.1) is 0 Å². The Bertz CT molecular complexity index is 854. The van der Waals surface area contributed by atoms with Crippen LogP contribution in [-0.4, -0.2) is 45.9 Å². The first-order valence-corrected chi connectivity index (χ1v) is 9.80. The number of aromatic nitrogens is 2. The highest BCUT2D eigenvalue weighted by molar-refractivity contribution is 5.86. The largest absolute Gasteiger partial charge is 0.449 e. The molecule has 6 heteroatoms. The molecule has 140 valence electrons. The Balaban J connectivity index is 1.47. The molecule has 1 aromatic heterocycles. The minimum atomic E-state index is -0.551. The Morgan fingerprint density at radius 3 is 2.77 bits per heavy atom. The first-order valence-electron chi connectivity index (χ1n) is 9.80. The van der Waals surface area contributed by atoms with Gasteiger partial charge in [0.15, 0.2) is 0 Å². The molecule has 3 heterocycles. The molecule has 2 aromatic rings. The number of aryl methyl sites for hydroxylation is 1. The van der Waals surface area contributed by atoms with Crippen LogP contribution in [0.15, 0.2) is 29.1 Å². The van der Waals surface area contributed by atoms with Crippen molar-refractivity contribution in [2.75, 3.05) is 19.7 Å². The highest BCUT2D eigenvalue weighted by Crippen LogP contribution is 2.29. The highest BCUT2D eigenvalue weighted by Gasteiger charge is 2.31. The first-order chi connectivity index (χ1) is 12.7. The molecule has 0 radical (unpaired) electrons. The molecule has 1 aromatic carbocycles. The monoisotopic (exact) mass is 357 g/mol. The molecule has 6 nitrogen and oxygen atoms in total. The van der Waals surface area contributed by atoms with Gasteiger partial charge in [-0.2, -0.15) is 4.57 Å². The van der Waals surface area contributed by atoms with Crippen molar-refractivity contribution in [2.45, 2.75) is 51.6 Å². The lowest BCUT2D eigenvalue weighted by Gasteiger charge is -2.42. The van der Waals surface area contributed by atoms with Gasteiger partial charge in [0.1, 0.15) is 0 Å². The number of ether oxygens (including phenoxy) is 1. The van der Waals surface area contributed by atoms with Crippen LogP contribution in [0.3, 0.4) is 0 Å². The van der Waals surface area contributed by atoms with Crippen LogP contribution in [0.4, 0.5) is 4.79 Å². The van der Waals surface area contributed by atoms with E-state index >= 15 is 0 Å². The molecule has 0 spiro atoms. The molecular weight excluding hydrogens is 330 g/mol. The zero-order chi connectivity index (χ0) is 18.1. The maximum absolute atomic E-state index is 12.7. The number of hydrogen-bond donors (Lipinski definition) is 0. The van der Waals surface area contributed by atoms with Gasteiger partial charge in [0, 0.05) is 12.6 Å². The molecule has 0 bridgehead atoms. The summed E-state index contributed by atoms with van der Waals surface area (Å²) in [6, 6.07) is 8.02. The number of nitrogens with zero attached hydrogens (tertiary/aromatic N) is 3. The van der Waals surface area contributed by atoms with E-state index in [1.807, 2.05) is 25.1 Å². The van der Waals surface area contributed by atoms with E-state index in [0.717, 1.165) is 24.9 Å². The van der Waals surface area contributed by atoms with E-state index in [4.69, 9.17) is 4.74 Å². The van der Waals surface area contributed by atoms with E-state index in [1.54, 1.807) is 10.6 Å². The Labute approximate surface area is 153 Å². The summed E-state index contributed by atoms with van der Waals surface area (Å²) in [7, 11) is 0. The number of fused-ring (bicyclic) bond motifs is 2. The Hall–Kier alpha value is -2.08. The number of carbonyl (C=O) groups is 1. The van der Waals surface area contributed by atoms with Gasteiger partial charge in [-0.1, -0.05) is 18.6 Å². The Morgan fingerprint density at radius 1 is 1.15 bits per heavy atom. The van der Waals surface area contributed by atoms with Crippen molar-refractivity contribution in [2.24, 2.45) is 5.92 Å². The lowest BCUT2D eigenvalue weighted by Crippen LogP contribution is -2.46. The molecule has 26 heavy (non-hydrogen) atoms. The molecule has 0 saturated carbocycles. The number of benzene rings is 1. The number of piperidine rings is 2. The van der Waals surface area contributed by atoms with Crippen molar-refractivity contribution >= 4 is 17.1 Å². The van der Waals surface area contributed by atoms with Crippen LogP contribution < -0.4 is 5.69 Å². The van der Waals surface area contributed by atoms with Gasteiger partial charge in [-0.25, -0.2) is 9.59 Å². The third-order valence-corrected chi connectivity index (χ3v) is 5.96. The number of carbonyl (C=O) groups excluding carboxylic acids is 1. The van der Waals surface area contributed by atoms with Gasteiger partial charge in [0.05, 0.1) is 17.6 Å². The molecule has 2 fully saturated rings. The fraction of sp³-hybridized carbons (Fsp3) is 0.600. The van der Waals surface area contributed by atoms with E-state index in [9.17, 15) is 9.59 Å². The summed E-state index contributed by atoms with van der Waals surface area (Å²) in [4.78, 5) is 27.9. The van der Waals surface area contributed by atoms with E-state index < -0.39 is 6.09 Å². The summed E-state index contributed by atoms with van der Waals surface area (Å²) in [6.07, 6.45) is 5.48. The first kappa shape index (κ1) is 17.3. The normalized spacial score (nSPS) is 23.7. The third-order valence-electron chi connectivity index (χ3n) is 5.96. The second-order valence-corrected chi connectivity index (χ2v) is 7.50. The van der Waals surface area contributed by atoms with Crippen LogP contribution in [0.5, 0.6) is 0 Å². The van der Waals surface area contributed by atoms with Gasteiger partial charge in [0.2, 0.25) is 0 Å². The van der Waals surface area contributed by atoms with Crippen molar-refractivity contribution in [1.29, 1.82) is 0 Å². The SMILES string of the molecule is CCn1c(=O)n(C(=O)OCC2CCN3CCCCC3C2)c2ccccc21. The van der Waals surface area contributed by atoms with Gasteiger partial charge in [0.25, 0.3) is 0 Å². The van der Waals surface area contributed by atoms with Gasteiger partial charge >= 0.3 is 11.8 Å². The maximum atomic E-state index is 12.7. The van der Waals surface area contributed by atoms with Gasteiger partial charge < -0.3 is 9.64 Å². The van der Waals surface area contributed by atoms with E-state index in [2.05, 4.69) is 4.90 Å². The molecule has 2 saturated heterocycles. The zero-order valence-electron chi connectivity index (χ0n) is 15.4. The number of imidazole rings is 1. The number of rotatable bonds is 3. The fourth-order valence-electron chi connectivity index (χ4n) is 4.57. The molecule has 0 aliphatic carbocycles. The van der Waals surface area contributed by atoms with E-state index in [1.165, 1.54) is 30.4 Å². The van der Waals surface area contributed by atoms with Gasteiger partial charge in [-0.05, 0) is 63.7 Å². The molecular formula is C20H27N3O3. The van der Waals surface area contributed by atoms with Crippen molar-refractivity contribution in [3.63, 3.8) is 0 Å². The van der Waals surface area contributed by atoms with Crippen LogP contribution in [0, 0.1) is 5.92 Å². The smallest absolute Gasteiger partial charge is 0.422 e. The maximum Gasteiger partial charge on any atom is 0.422 e. The van der Waals surface area contributed by atoms with Crippen LogP contribution in [-0.2, 0) is 11.3 Å². The van der Waals surface area contributed by atoms with Crippen molar-refractivity contribution in [1.82, 2.24) is 14.0 Å². The molecule has 2 atom stereocenters. The predicted octanol–water partition coefficient (Wildman–Crippen LogP) is 3.07. The summed E-state index contributed by atoms with van der Waals surface area (Å²) in [6.45, 7) is 5.15. The molecule has 2 unspecified atom stereocenters. The van der Waals surface area contributed by atoms with Gasteiger partial charge in [-0.3, -0.25) is 4.57 Å². The lowest BCUT2D eigenvalue weighted by atomic mass is 9.86. The zero-order valence-corrected chi connectivity index (χ0v) is 15.4. The topological polar surface area (TPSA) is 56.5 Å². The Morgan fingerprint density at radius 2 is 1.96 bits per heavy atom. The minimum Gasteiger partial charge on any atom is -0.449 e. The summed E-state index contributed by atoms with van der Waals surface area (Å²) < 4.78 is 8.37. The van der Waals surface area contributed by atoms with E-state index in [0.29, 0.717) is 30.6 Å². The standard InChI is InChI=1S/C20H27N3O3/c1-2-22-17-8-3-4-9-18(17)23(19(22)24)20(25)26-14-15-10-12-21-11-6-5-7-16(21)13-15/h3-4,8-9,15-16H,2,5-7,10-14H2,1H3. The number of hydrogen-bond acceptors (Lipinski definition) is 4. The summed E-state index contributed by atoms with van der Waals surface area (Å²) in [5.41, 5.74) is 1.07. The second-order valence-electron chi connectivity index (χ2n) is 7.50. The van der Waals surface area contributed by atoms with Crippen LogP contribution in [0.25, 0.3) is 11.0 Å². The van der Waals surface area contributed by atoms with Crippen LogP contribution >= 0.6 is 0 Å². The predicted molar refractivity (Wildman–Crippen MR) is 101 cm³/mol.